The van der Waals surface area contributed by atoms with Crippen molar-refractivity contribution in [2.24, 2.45) is 0 Å². The summed E-state index contributed by atoms with van der Waals surface area (Å²) >= 11 is 5.47. The number of Topliss-reactive ketones (excluding diaryl/α,β-unsaturated/α-hetero) is 1. The van der Waals surface area contributed by atoms with E-state index in [-0.39, 0.29) is 5.02 Å². The second-order valence-corrected chi connectivity index (χ2v) is 2.99. The molecule has 1 rings (SSSR count). The van der Waals surface area contributed by atoms with Crippen molar-refractivity contribution < 1.29 is 18.0 Å². The van der Waals surface area contributed by atoms with E-state index in [2.05, 4.69) is 6.92 Å². The molecule has 1 aromatic rings. The molecule has 0 bridgehead atoms. The normalized spacial score (nSPS) is 11.5. The smallest absolute Gasteiger partial charge is 0.294 e. The van der Waals surface area contributed by atoms with Gasteiger partial charge < -0.3 is 0 Å². The maximum atomic E-state index is 12.4. The van der Waals surface area contributed by atoms with Crippen molar-refractivity contribution in [2.45, 2.75) is 6.18 Å². The molecule has 0 aromatic heterocycles. The summed E-state index contributed by atoms with van der Waals surface area (Å²) < 4.78 is 37.1. The maximum Gasteiger partial charge on any atom is 0.417 e. The Morgan fingerprint density at radius 3 is 2.29 bits per heavy atom. The monoisotopic (exact) mass is 221 g/mol. The van der Waals surface area contributed by atoms with Crippen LogP contribution in [0.15, 0.2) is 18.2 Å². The van der Waals surface area contributed by atoms with Crippen LogP contribution in [0.2, 0.25) is 5.02 Å². The number of hydrogen-bond donors (Lipinski definition) is 0. The minimum Gasteiger partial charge on any atom is -0.294 e. The number of halogens is 4. The first kappa shape index (κ1) is 11.0. The van der Waals surface area contributed by atoms with E-state index in [1.165, 1.54) is 6.07 Å². The number of carbonyl (C=O) groups is 1. The topological polar surface area (TPSA) is 17.1 Å². The molecule has 0 fully saturated rings. The van der Waals surface area contributed by atoms with E-state index in [1.54, 1.807) is 0 Å². The predicted octanol–water partition coefficient (Wildman–Crippen LogP) is 3.38. The fourth-order valence-corrected chi connectivity index (χ4v) is 1.32. The van der Waals surface area contributed by atoms with E-state index in [9.17, 15) is 18.0 Å². The van der Waals surface area contributed by atoms with Crippen LogP contribution >= 0.6 is 11.6 Å². The van der Waals surface area contributed by atoms with Crippen molar-refractivity contribution >= 4 is 17.4 Å². The fraction of sp³-hybridized carbons (Fsp3) is 0.111. The summed E-state index contributed by atoms with van der Waals surface area (Å²) in [6.45, 7) is 2.92. The Bertz CT molecular complexity index is 371. The van der Waals surface area contributed by atoms with Crippen LogP contribution in [0.3, 0.4) is 0 Å². The number of benzene rings is 1. The molecule has 0 saturated carbocycles. The summed E-state index contributed by atoms with van der Waals surface area (Å²) in [6, 6.07) is 3.15. The highest BCUT2D eigenvalue weighted by atomic mass is 35.5. The third kappa shape index (κ3) is 2.07. The first-order valence-electron chi connectivity index (χ1n) is 3.56. The van der Waals surface area contributed by atoms with Crippen LogP contribution in [0.5, 0.6) is 0 Å². The Balaban J connectivity index is 3.44. The molecule has 0 spiro atoms. The van der Waals surface area contributed by atoms with Crippen LogP contribution in [0.1, 0.15) is 15.9 Å². The number of hydrogen-bond acceptors (Lipinski definition) is 1. The van der Waals surface area contributed by atoms with Gasteiger partial charge in [0.1, 0.15) is 0 Å². The van der Waals surface area contributed by atoms with Gasteiger partial charge in [0.25, 0.3) is 0 Å². The highest BCUT2D eigenvalue weighted by molar-refractivity contribution is 6.34. The summed E-state index contributed by atoms with van der Waals surface area (Å²) in [5, 5.41) is -0.236. The second-order valence-electron chi connectivity index (χ2n) is 2.58. The molecule has 0 atom stereocenters. The molecule has 0 unspecified atom stereocenters. The first-order chi connectivity index (χ1) is 6.34. The van der Waals surface area contributed by atoms with Crippen LogP contribution in [-0.2, 0) is 6.18 Å². The van der Waals surface area contributed by atoms with Crippen LogP contribution in [-0.4, -0.2) is 5.78 Å². The highest BCUT2D eigenvalue weighted by Crippen LogP contribution is 2.34. The molecule has 75 valence electrons. The van der Waals surface area contributed by atoms with Crippen LogP contribution < -0.4 is 0 Å². The van der Waals surface area contributed by atoms with Gasteiger partial charge in [-0.2, -0.15) is 13.2 Å². The third-order valence-electron chi connectivity index (χ3n) is 1.60. The van der Waals surface area contributed by atoms with Gasteiger partial charge >= 0.3 is 6.18 Å². The summed E-state index contributed by atoms with van der Waals surface area (Å²) in [5.41, 5.74) is -1.63. The van der Waals surface area contributed by atoms with E-state index in [0.717, 1.165) is 12.1 Å². The molecule has 5 heteroatoms. The SMILES string of the molecule is [CH2]C(=O)c1c(Cl)cccc1C(F)(F)F. The molecule has 0 saturated heterocycles. The van der Waals surface area contributed by atoms with Gasteiger partial charge in [-0.25, -0.2) is 0 Å². The van der Waals surface area contributed by atoms with Crippen molar-refractivity contribution in [1.82, 2.24) is 0 Å². The Morgan fingerprint density at radius 1 is 1.36 bits per heavy atom. The zero-order valence-corrected chi connectivity index (χ0v) is 7.62. The van der Waals surface area contributed by atoms with Crippen molar-refractivity contribution in [1.29, 1.82) is 0 Å². The molecule has 1 radical (unpaired) electrons. The first-order valence-corrected chi connectivity index (χ1v) is 3.94. The van der Waals surface area contributed by atoms with Crippen LogP contribution in [0, 0.1) is 6.92 Å². The summed E-state index contributed by atoms with van der Waals surface area (Å²) in [5.74, 6) is -0.942. The molecule has 1 nitrogen and oxygen atoms in total. The van der Waals surface area contributed by atoms with Gasteiger partial charge in [0.15, 0.2) is 5.78 Å². The summed E-state index contributed by atoms with van der Waals surface area (Å²) in [4.78, 5) is 10.8. The number of ketones is 1. The van der Waals surface area contributed by atoms with Gasteiger partial charge in [-0.1, -0.05) is 17.7 Å². The standard InChI is InChI=1S/C9H5ClF3O/c1-5(14)8-6(9(11,12)13)3-2-4-7(8)10/h2-4H,1H2. The Morgan fingerprint density at radius 2 is 1.93 bits per heavy atom. The van der Waals surface area contributed by atoms with Gasteiger partial charge in [-0.05, 0) is 12.1 Å². The largest absolute Gasteiger partial charge is 0.417 e. The van der Waals surface area contributed by atoms with Crippen molar-refractivity contribution in [2.75, 3.05) is 0 Å². The fourth-order valence-electron chi connectivity index (χ4n) is 1.04. The van der Waals surface area contributed by atoms with Gasteiger partial charge in [-0.15, -0.1) is 0 Å². The van der Waals surface area contributed by atoms with Crippen molar-refractivity contribution in [3.05, 3.63) is 41.3 Å². The van der Waals surface area contributed by atoms with Crippen LogP contribution in [0.25, 0.3) is 0 Å². The van der Waals surface area contributed by atoms with Crippen LogP contribution in [0.4, 0.5) is 13.2 Å². The lowest BCUT2D eigenvalue weighted by Crippen LogP contribution is -2.12. The average Bonchev–Trinajstić information content (AvgIpc) is 2.01. The highest BCUT2D eigenvalue weighted by Gasteiger charge is 2.35. The van der Waals surface area contributed by atoms with E-state index in [0.29, 0.717) is 0 Å². The van der Waals surface area contributed by atoms with Crippen molar-refractivity contribution in [3.63, 3.8) is 0 Å². The number of alkyl halides is 3. The zero-order valence-electron chi connectivity index (χ0n) is 6.86. The number of rotatable bonds is 1. The molecular weight excluding hydrogens is 217 g/mol. The lowest BCUT2D eigenvalue weighted by molar-refractivity contribution is -0.137. The molecule has 0 amide bonds. The van der Waals surface area contributed by atoms with E-state index in [4.69, 9.17) is 11.6 Å². The van der Waals surface area contributed by atoms with Gasteiger partial charge in [-0.3, -0.25) is 4.79 Å². The van der Waals surface area contributed by atoms with Gasteiger partial charge in [0.2, 0.25) is 0 Å². The molecule has 14 heavy (non-hydrogen) atoms. The average molecular weight is 222 g/mol. The predicted molar refractivity (Wildman–Crippen MR) is 46.1 cm³/mol. The zero-order chi connectivity index (χ0) is 10.9. The Kier molecular flexibility index (Phi) is 2.85. The molecular formula is C9H5ClF3O. The lowest BCUT2D eigenvalue weighted by Gasteiger charge is -2.11. The Labute approximate surface area is 83.5 Å². The molecule has 0 aliphatic rings. The van der Waals surface area contributed by atoms with E-state index < -0.39 is 23.1 Å². The molecule has 0 aliphatic carbocycles. The summed E-state index contributed by atoms with van der Waals surface area (Å²) in [6.07, 6.45) is -4.59. The minimum atomic E-state index is -4.59. The van der Waals surface area contributed by atoms with Gasteiger partial charge in [0.05, 0.1) is 10.6 Å². The van der Waals surface area contributed by atoms with Gasteiger partial charge in [0, 0.05) is 12.5 Å². The van der Waals surface area contributed by atoms with Crippen molar-refractivity contribution in [3.8, 4) is 0 Å². The third-order valence-corrected chi connectivity index (χ3v) is 1.91. The quantitative estimate of drug-likeness (QED) is 0.665. The Hall–Kier alpha value is -1.03. The van der Waals surface area contributed by atoms with E-state index >= 15 is 0 Å². The van der Waals surface area contributed by atoms with E-state index in [1.807, 2.05) is 0 Å². The lowest BCUT2D eigenvalue weighted by atomic mass is 10.0. The second kappa shape index (κ2) is 3.61. The minimum absolute atomic E-state index is 0.236. The molecule has 0 heterocycles. The summed E-state index contributed by atoms with van der Waals surface area (Å²) in [7, 11) is 0. The number of carbonyl (C=O) groups excluding carboxylic acids is 1. The molecule has 0 N–H and O–H groups in total. The molecule has 1 aromatic carbocycles. The molecule has 0 aliphatic heterocycles. The maximum absolute atomic E-state index is 12.4.